The van der Waals surface area contributed by atoms with E-state index in [0.29, 0.717) is 5.92 Å². The van der Waals surface area contributed by atoms with Crippen LogP contribution in [0.5, 0.6) is 0 Å². The molecule has 0 radical (unpaired) electrons. The summed E-state index contributed by atoms with van der Waals surface area (Å²) in [6.45, 7) is 8.35. The summed E-state index contributed by atoms with van der Waals surface area (Å²) in [7, 11) is 0. The number of hydrogen-bond donors (Lipinski definition) is 1. The van der Waals surface area contributed by atoms with Gasteiger partial charge in [0.1, 0.15) is 17.4 Å². The second kappa shape index (κ2) is 7.08. The van der Waals surface area contributed by atoms with E-state index in [1.165, 1.54) is 5.56 Å². The largest absolute Gasteiger partial charge is 0.381 e. The quantitative estimate of drug-likeness (QED) is 0.826. The van der Waals surface area contributed by atoms with Crippen LogP contribution in [0.15, 0.2) is 10.6 Å². The lowest BCUT2D eigenvalue weighted by molar-refractivity contribution is 0.193. The van der Waals surface area contributed by atoms with E-state index in [2.05, 4.69) is 26.5 Å². The third-order valence-corrected chi connectivity index (χ3v) is 4.30. The third-order valence-electron chi connectivity index (χ3n) is 4.30. The first-order valence-corrected chi connectivity index (χ1v) is 8.22. The molecule has 1 aliphatic rings. The maximum absolute atomic E-state index is 5.46. The van der Waals surface area contributed by atoms with Gasteiger partial charge in [-0.05, 0) is 40.0 Å². The van der Waals surface area contributed by atoms with Crippen LogP contribution < -0.4 is 5.32 Å². The summed E-state index contributed by atoms with van der Waals surface area (Å²) in [6.07, 6.45) is 3.01. The zero-order chi connectivity index (χ0) is 16.2. The fraction of sp³-hybridized carbons (Fsp3) is 0.588. The van der Waals surface area contributed by atoms with Crippen molar-refractivity contribution in [3.05, 3.63) is 34.6 Å². The lowest BCUT2D eigenvalue weighted by Gasteiger charge is -2.11. The number of nitrogens with zero attached hydrogens (tertiary/aromatic N) is 3. The first-order valence-electron chi connectivity index (χ1n) is 8.22. The Morgan fingerprint density at radius 3 is 2.83 bits per heavy atom. The number of rotatable bonds is 6. The van der Waals surface area contributed by atoms with E-state index in [9.17, 15) is 0 Å². The molecule has 1 fully saturated rings. The van der Waals surface area contributed by atoms with E-state index in [1.54, 1.807) is 0 Å². The molecule has 2 aromatic heterocycles. The lowest BCUT2D eigenvalue weighted by Crippen LogP contribution is -2.09. The van der Waals surface area contributed by atoms with Gasteiger partial charge >= 0.3 is 0 Å². The van der Waals surface area contributed by atoms with E-state index < -0.39 is 0 Å². The minimum absolute atomic E-state index is 0.402. The van der Waals surface area contributed by atoms with Crippen LogP contribution in [0.25, 0.3) is 0 Å². The Hall–Kier alpha value is -1.95. The van der Waals surface area contributed by atoms with Crippen LogP contribution in [-0.2, 0) is 11.2 Å². The zero-order valence-electron chi connectivity index (χ0n) is 14.1. The van der Waals surface area contributed by atoms with Crippen LogP contribution >= 0.6 is 0 Å². The van der Waals surface area contributed by atoms with Crippen LogP contribution in [-0.4, -0.2) is 34.9 Å². The second-order valence-electron chi connectivity index (χ2n) is 6.12. The highest BCUT2D eigenvalue weighted by Gasteiger charge is 2.20. The molecule has 3 rings (SSSR count). The monoisotopic (exact) mass is 316 g/mol. The Kier molecular flexibility index (Phi) is 4.91. The van der Waals surface area contributed by atoms with Gasteiger partial charge in [0.05, 0.1) is 18.0 Å². The van der Waals surface area contributed by atoms with Gasteiger partial charge in [-0.3, -0.25) is 0 Å². The van der Waals surface area contributed by atoms with E-state index in [1.807, 2.05) is 20.8 Å². The van der Waals surface area contributed by atoms with Gasteiger partial charge in [-0.15, -0.1) is 0 Å². The van der Waals surface area contributed by atoms with E-state index in [-0.39, 0.29) is 0 Å². The second-order valence-corrected chi connectivity index (χ2v) is 6.12. The Labute approximate surface area is 136 Å². The number of nitrogens with one attached hydrogen (secondary N) is 1. The van der Waals surface area contributed by atoms with E-state index in [4.69, 9.17) is 9.26 Å². The Bertz CT molecular complexity index is 643. The molecule has 1 atom stereocenters. The molecule has 0 unspecified atom stereocenters. The minimum atomic E-state index is 0.402. The molecular formula is C17H24N4O2. The average molecular weight is 316 g/mol. The summed E-state index contributed by atoms with van der Waals surface area (Å²) in [5, 5.41) is 7.40. The highest BCUT2D eigenvalue weighted by molar-refractivity contribution is 5.37. The topological polar surface area (TPSA) is 73.1 Å². The summed E-state index contributed by atoms with van der Waals surface area (Å²) < 4.78 is 10.7. The van der Waals surface area contributed by atoms with Crippen molar-refractivity contribution in [3.63, 3.8) is 0 Å². The molecule has 23 heavy (non-hydrogen) atoms. The van der Waals surface area contributed by atoms with Gasteiger partial charge in [-0.1, -0.05) is 5.16 Å². The van der Waals surface area contributed by atoms with Crippen molar-refractivity contribution < 1.29 is 9.26 Å². The van der Waals surface area contributed by atoms with Crippen LogP contribution in [0.1, 0.15) is 47.3 Å². The SMILES string of the molecule is Cc1nc(NCCCc2c(C)noc2C)cc([C@H]2CCOC2)n1. The normalized spacial score (nSPS) is 17.6. The van der Waals surface area contributed by atoms with Crippen molar-refractivity contribution in [1.29, 1.82) is 0 Å². The molecule has 1 aliphatic heterocycles. The molecule has 124 valence electrons. The predicted molar refractivity (Wildman–Crippen MR) is 87.7 cm³/mol. The smallest absolute Gasteiger partial charge is 0.137 e. The zero-order valence-corrected chi connectivity index (χ0v) is 14.1. The van der Waals surface area contributed by atoms with Gasteiger partial charge in [-0.25, -0.2) is 9.97 Å². The minimum Gasteiger partial charge on any atom is -0.381 e. The molecule has 1 saturated heterocycles. The highest BCUT2D eigenvalue weighted by Crippen LogP contribution is 2.25. The van der Waals surface area contributed by atoms with E-state index in [0.717, 1.165) is 67.8 Å². The third kappa shape index (κ3) is 3.88. The Balaban J connectivity index is 1.55. The molecule has 0 bridgehead atoms. The number of hydrogen-bond acceptors (Lipinski definition) is 6. The number of aromatic nitrogens is 3. The standard InChI is InChI=1S/C17H24N4O2/c1-11-15(12(2)23-21-11)5-4-7-18-17-9-16(19-13(3)20-17)14-6-8-22-10-14/h9,14H,4-8,10H2,1-3H3,(H,18,19,20)/t14-/m0/s1. The van der Waals surface area contributed by atoms with Gasteiger partial charge in [0.2, 0.25) is 0 Å². The summed E-state index contributed by atoms with van der Waals surface area (Å²) in [5.74, 6) is 3.03. The maximum atomic E-state index is 5.46. The van der Waals surface area contributed by atoms with Gasteiger partial charge in [0, 0.05) is 30.7 Å². The van der Waals surface area contributed by atoms with Crippen LogP contribution in [0, 0.1) is 20.8 Å². The first-order chi connectivity index (χ1) is 11.1. The van der Waals surface area contributed by atoms with Crippen LogP contribution in [0.2, 0.25) is 0 Å². The first kappa shape index (κ1) is 15.9. The van der Waals surface area contributed by atoms with Crippen LogP contribution in [0.4, 0.5) is 5.82 Å². The molecule has 6 nitrogen and oxygen atoms in total. The molecule has 0 saturated carbocycles. The van der Waals surface area contributed by atoms with Crippen molar-refractivity contribution in [2.75, 3.05) is 25.1 Å². The Morgan fingerprint density at radius 2 is 2.13 bits per heavy atom. The van der Waals surface area contributed by atoms with Crippen molar-refractivity contribution >= 4 is 5.82 Å². The molecule has 0 amide bonds. The van der Waals surface area contributed by atoms with Crippen molar-refractivity contribution in [1.82, 2.24) is 15.1 Å². The fourth-order valence-electron chi connectivity index (χ4n) is 3.00. The summed E-state index contributed by atoms with van der Waals surface area (Å²) in [6, 6.07) is 2.06. The molecule has 3 heterocycles. The van der Waals surface area contributed by atoms with Gasteiger partial charge in [-0.2, -0.15) is 0 Å². The van der Waals surface area contributed by atoms with Crippen molar-refractivity contribution in [2.45, 2.75) is 46.0 Å². The average Bonchev–Trinajstić information content (AvgIpc) is 3.15. The van der Waals surface area contributed by atoms with Gasteiger partial charge in [0.25, 0.3) is 0 Å². The number of anilines is 1. The molecule has 1 N–H and O–H groups in total. The Morgan fingerprint density at radius 1 is 1.26 bits per heavy atom. The molecule has 6 heteroatoms. The molecule has 0 aliphatic carbocycles. The lowest BCUT2D eigenvalue weighted by atomic mass is 10.0. The van der Waals surface area contributed by atoms with Gasteiger partial charge in [0.15, 0.2) is 0 Å². The predicted octanol–water partition coefficient (Wildman–Crippen LogP) is 2.94. The van der Waals surface area contributed by atoms with Crippen molar-refractivity contribution in [2.24, 2.45) is 0 Å². The highest BCUT2D eigenvalue weighted by atomic mass is 16.5. The summed E-state index contributed by atoms with van der Waals surface area (Å²) in [5.41, 5.74) is 3.29. The number of ether oxygens (including phenoxy) is 1. The molecule has 0 spiro atoms. The molecule has 0 aromatic carbocycles. The van der Waals surface area contributed by atoms with Gasteiger partial charge < -0.3 is 14.6 Å². The van der Waals surface area contributed by atoms with E-state index >= 15 is 0 Å². The molecular weight excluding hydrogens is 292 g/mol. The summed E-state index contributed by atoms with van der Waals surface area (Å²) in [4.78, 5) is 9.04. The fourth-order valence-corrected chi connectivity index (χ4v) is 3.00. The molecule has 2 aromatic rings. The van der Waals surface area contributed by atoms with Crippen LogP contribution in [0.3, 0.4) is 0 Å². The van der Waals surface area contributed by atoms with Crippen molar-refractivity contribution in [3.8, 4) is 0 Å². The maximum Gasteiger partial charge on any atom is 0.137 e. The summed E-state index contributed by atoms with van der Waals surface area (Å²) >= 11 is 0. The number of aryl methyl sites for hydroxylation is 3.